The van der Waals surface area contributed by atoms with E-state index in [0.717, 1.165) is 6.42 Å². The molecule has 0 atom stereocenters. The summed E-state index contributed by atoms with van der Waals surface area (Å²) in [5.41, 5.74) is 0.531. The van der Waals surface area contributed by atoms with Crippen molar-refractivity contribution in [3.63, 3.8) is 0 Å². The van der Waals surface area contributed by atoms with Crippen LogP contribution in [0.1, 0.15) is 13.3 Å². The molecule has 11 heavy (non-hydrogen) atoms. The van der Waals surface area contributed by atoms with Crippen LogP contribution in [0, 0.1) is 0 Å². The molecule has 0 aromatic heterocycles. The van der Waals surface area contributed by atoms with Gasteiger partial charge in [-0.3, -0.25) is 4.79 Å². The summed E-state index contributed by atoms with van der Waals surface area (Å²) in [5.74, 6) is -0.0976. The Morgan fingerprint density at radius 1 is 1.55 bits per heavy atom. The van der Waals surface area contributed by atoms with Crippen LogP contribution in [-0.4, -0.2) is 19.0 Å². The summed E-state index contributed by atoms with van der Waals surface area (Å²) < 4.78 is 0. The molecule has 0 spiro atoms. The van der Waals surface area contributed by atoms with Crippen LogP contribution in [0.5, 0.6) is 0 Å². The van der Waals surface area contributed by atoms with Crippen LogP contribution in [0.3, 0.4) is 0 Å². The molecular formula is C7H13ClN2O. The summed E-state index contributed by atoms with van der Waals surface area (Å²) in [7, 11) is 0. The van der Waals surface area contributed by atoms with Crippen LogP contribution in [0.15, 0.2) is 12.2 Å². The standard InChI is InChI=1S/C7H13ClN2O/c1-6(2)7(11)9-4-3-5-10-8/h10H,1,3-5H2,2H3,(H,9,11). The summed E-state index contributed by atoms with van der Waals surface area (Å²) in [6.45, 7) is 6.50. The van der Waals surface area contributed by atoms with Crippen LogP contribution >= 0.6 is 11.8 Å². The van der Waals surface area contributed by atoms with Crippen molar-refractivity contribution < 1.29 is 4.79 Å². The molecule has 0 fully saturated rings. The van der Waals surface area contributed by atoms with Crippen LogP contribution in [-0.2, 0) is 4.79 Å². The van der Waals surface area contributed by atoms with E-state index in [1.54, 1.807) is 6.92 Å². The van der Waals surface area contributed by atoms with E-state index in [0.29, 0.717) is 18.7 Å². The Labute approximate surface area is 71.9 Å². The molecule has 0 saturated carbocycles. The Hall–Kier alpha value is -0.540. The van der Waals surface area contributed by atoms with Gasteiger partial charge in [0.05, 0.1) is 0 Å². The third-order valence-electron chi connectivity index (χ3n) is 1.12. The number of carbonyl (C=O) groups excluding carboxylic acids is 1. The zero-order valence-electron chi connectivity index (χ0n) is 6.61. The molecule has 0 unspecified atom stereocenters. The van der Waals surface area contributed by atoms with Gasteiger partial charge in [-0.2, -0.15) is 0 Å². The molecule has 4 heteroatoms. The third-order valence-corrected chi connectivity index (χ3v) is 1.31. The smallest absolute Gasteiger partial charge is 0.246 e. The molecule has 0 rings (SSSR count). The Morgan fingerprint density at radius 2 is 2.18 bits per heavy atom. The van der Waals surface area contributed by atoms with Crippen LogP contribution in [0.2, 0.25) is 0 Å². The minimum Gasteiger partial charge on any atom is -0.352 e. The van der Waals surface area contributed by atoms with Crippen LogP contribution < -0.4 is 10.2 Å². The molecule has 0 aromatic rings. The second-order valence-corrected chi connectivity index (χ2v) is 2.54. The van der Waals surface area contributed by atoms with Gasteiger partial charge in [-0.25, -0.2) is 4.84 Å². The molecule has 0 aliphatic heterocycles. The fraction of sp³-hybridized carbons (Fsp3) is 0.571. The number of carbonyl (C=O) groups is 1. The van der Waals surface area contributed by atoms with Crippen molar-refractivity contribution in [3.8, 4) is 0 Å². The van der Waals surface area contributed by atoms with Crippen molar-refractivity contribution in [3.05, 3.63) is 12.2 Å². The van der Waals surface area contributed by atoms with Crippen molar-refractivity contribution in [1.29, 1.82) is 0 Å². The molecule has 0 bridgehead atoms. The summed E-state index contributed by atoms with van der Waals surface area (Å²) in [4.78, 5) is 13.3. The number of rotatable bonds is 5. The number of hydrogen-bond acceptors (Lipinski definition) is 2. The Balaban J connectivity index is 3.25. The molecule has 0 radical (unpaired) electrons. The minimum absolute atomic E-state index is 0.0976. The SMILES string of the molecule is C=C(C)C(=O)NCCCNCl. The van der Waals surface area contributed by atoms with Gasteiger partial charge >= 0.3 is 0 Å². The topological polar surface area (TPSA) is 41.1 Å². The van der Waals surface area contributed by atoms with Crippen LogP contribution in [0.4, 0.5) is 0 Å². The van der Waals surface area contributed by atoms with E-state index in [1.165, 1.54) is 0 Å². The molecule has 2 N–H and O–H groups in total. The molecule has 3 nitrogen and oxygen atoms in total. The Bertz CT molecular complexity index is 147. The zero-order chi connectivity index (χ0) is 8.69. The summed E-state index contributed by atoms with van der Waals surface area (Å²) >= 11 is 5.20. The number of nitrogens with one attached hydrogen (secondary N) is 2. The lowest BCUT2D eigenvalue weighted by atomic mass is 10.3. The molecule has 0 heterocycles. The van der Waals surface area contributed by atoms with E-state index in [-0.39, 0.29) is 5.91 Å². The van der Waals surface area contributed by atoms with E-state index >= 15 is 0 Å². The summed E-state index contributed by atoms with van der Waals surface area (Å²) in [5, 5.41) is 2.68. The van der Waals surface area contributed by atoms with Crippen molar-refractivity contribution in [2.24, 2.45) is 0 Å². The first-order chi connectivity index (χ1) is 5.18. The van der Waals surface area contributed by atoms with Gasteiger partial charge < -0.3 is 5.32 Å². The lowest BCUT2D eigenvalue weighted by molar-refractivity contribution is -0.117. The van der Waals surface area contributed by atoms with E-state index < -0.39 is 0 Å². The maximum Gasteiger partial charge on any atom is 0.246 e. The fourth-order valence-corrected chi connectivity index (χ4v) is 0.642. The van der Waals surface area contributed by atoms with Crippen molar-refractivity contribution in [2.45, 2.75) is 13.3 Å². The van der Waals surface area contributed by atoms with Crippen molar-refractivity contribution in [1.82, 2.24) is 10.2 Å². The summed E-state index contributed by atoms with van der Waals surface area (Å²) in [6, 6.07) is 0. The maximum atomic E-state index is 10.8. The van der Waals surface area contributed by atoms with Crippen LogP contribution in [0.25, 0.3) is 0 Å². The average molecular weight is 177 g/mol. The molecule has 64 valence electrons. The van der Waals surface area contributed by atoms with E-state index in [2.05, 4.69) is 16.7 Å². The van der Waals surface area contributed by atoms with E-state index in [9.17, 15) is 4.79 Å². The van der Waals surface area contributed by atoms with Gasteiger partial charge in [-0.05, 0) is 25.1 Å². The third kappa shape index (κ3) is 5.88. The second-order valence-electron chi connectivity index (χ2n) is 2.27. The van der Waals surface area contributed by atoms with Gasteiger partial charge in [0.15, 0.2) is 0 Å². The molecule has 1 amide bonds. The van der Waals surface area contributed by atoms with E-state index in [1.807, 2.05) is 0 Å². The molecule has 0 saturated heterocycles. The predicted molar refractivity (Wildman–Crippen MR) is 46.3 cm³/mol. The van der Waals surface area contributed by atoms with Gasteiger partial charge in [0.25, 0.3) is 0 Å². The van der Waals surface area contributed by atoms with Crippen molar-refractivity contribution >= 4 is 17.7 Å². The fourth-order valence-electron chi connectivity index (χ4n) is 0.508. The number of halogens is 1. The maximum absolute atomic E-state index is 10.8. The zero-order valence-corrected chi connectivity index (χ0v) is 7.37. The lowest BCUT2D eigenvalue weighted by Crippen LogP contribution is -2.26. The van der Waals surface area contributed by atoms with Gasteiger partial charge in [-0.1, -0.05) is 6.58 Å². The molecule has 0 aromatic carbocycles. The molecule has 0 aliphatic carbocycles. The van der Waals surface area contributed by atoms with Crippen molar-refractivity contribution in [2.75, 3.05) is 13.1 Å². The highest BCUT2D eigenvalue weighted by atomic mass is 35.5. The average Bonchev–Trinajstić information content (AvgIpc) is 1.97. The monoisotopic (exact) mass is 176 g/mol. The van der Waals surface area contributed by atoms with E-state index in [4.69, 9.17) is 11.8 Å². The minimum atomic E-state index is -0.0976. The first kappa shape index (κ1) is 10.5. The quantitative estimate of drug-likeness (QED) is 0.370. The number of hydrogen-bond donors (Lipinski definition) is 2. The molecule has 0 aliphatic rings. The summed E-state index contributed by atoms with van der Waals surface area (Å²) in [6.07, 6.45) is 0.822. The Morgan fingerprint density at radius 3 is 2.64 bits per heavy atom. The van der Waals surface area contributed by atoms with Gasteiger partial charge in [-0.15, -0.1) is 0 Å². The second kappa shape index (κ2) is 6.19. The first-order valence-electron chi connectivity index (χ1n) is 3.45. The van der Waals surface area contributed by atoms with Gasteiger partial charge in [0.1, 0.15) is 0 Å². The highest BCUT2D eigenvalue weighted by Crippen LogP contribution is 1.85. The highest BCUT2D eigenvalue weighted by Gasteiger charge is 1.98. The normalized spacial score (nSPS) is 9.27. The largest absolute Gasteiger partial charge is 0.352 e. The van der Waals surface area contributed by atoms with Gasteiger partial charge in [0, 0.05) is 18.7 Å². The number of amides is 1. The first-order valence-corrected chi connectivity index (χ1v) is 3.83. The Kier molecular flexibility index (Phi) is 5.88. The molecular weight excluding hydrogens is 164 g/mol. The predicted octanol–water partition coefficient (Wildman–Crippen LogP) is 0.812. The van der Waals surface area contributed by atoms with Gasteiger partial charge in [0.2, 0.25) is 5.91 Å². The highest BCUT2D eigenvalue weighted by molar-refractivity contribution is 6.13. The lowest BCUT2D eigenvalue weighted by Gasteiger charge is -2.02.